The Hall–Kier alpha value is -2.42. The van der Waals surface area contributed by atoms with E-state index in [0.29, 0.717) is 24.5 Å². The number of carbonyl (C=O) groups excluding carboxylic acids is 2. The van der Waals surface area contributed by atoms with Crippen molar-refractivity contribution in [2.45, 2.75) is 50.1 Å². The van der Waals surface area contributed by atoms with Gasteiger partial charge in [0.25, 0.3) is 0 Å². The Morgan fingerprint density at radius 1 is 1.03 bits per heavy atom. The van der Waals surface area contributed by atoms with E-state index in [4.69, 9.17) is 11.6 Å². The number of halogens is 1. The fraction of sp³-hybridized carbons (Fsp3) is 0.417. The first-order valence-electron chi connectivity index (χ1n) is 11.1. The van der Waals surface area contributed by atoms with Gasteiger partial charge >= 0.3 is 0 Å². The summed E-state index contributed by atoms with van der Waals surface area (Å²) in [5.41, 5.74) is 1.74. The lowest BCUT2D eigenvalue weighted by Gasteiger charge is -2.28. The number of rotatable bonds is 9. The van der Waals surface area contributed by atoms with Gasteiger partial charge in [0.1, 0.15) is 6.04 Å². The van der Waals surface area contributed by atoms with Crippen molar-refractivity contribution >= 4 is 33.4 Å². The van der Waals surface area contributed by atoms with E-state index in [1.54, 1.807) is 55.3 Å². The molecule has 0 spiro atoms. The molecule has 1 atom stereocenters. The summed E-state index contributed by atoms with van der Waals surface area (Å²) in [6.07, 6.45) is 2.43. The average molecular weight is 492 g/mol. The normalized spacial score (nSPS) is 15.2. The van der Waals surface area contributed by atoms with E-state index in [1.807, 2.05) is 12.1 Å². The van der Waals surface area contributed by atoms with E-state index in [1.165, 1.54) is 4.31 Å². The maximum absolute atomic E-state index is 13.1. The summed E-state index contributed by atoms with van der Waals surface area (Å²) in [7, 11) is -1.91. The van der Waals surface area contributed by atoms with Crippen LogP contribution in [-0.4, -0.2) is 55.6 Å². The van der Waals surface area contributed by atoms with Crippen molar-refractivity contribution in [2.75, 3.05) is 20.1 Å². The van der Waals surface area contributed by atoms with Crippen LogP contribution in [0.15, 0.2) is 53.4 Å². The van der Waals surface area contributed by atoms with E-state index in [9.17, 15) is 18.0 Å². The minimum Gasteiger partial charge on any atom is -0.357 e. The topological polar surface area (TPSA) is 86.8 Å². The number of likely N-dealkylation sites (N-methyl/N-ethyl adjacent to an activating group) is 1. The number of sulfonamides is 1. The van der Waals surface area contributed by atoms with Crippen molar-refractivity contribution < 1.29 is 18.0 Å². The Labute approximate surface area is 200 Å². The van der Waals surface area contributed by atoms with Crippen LogP contribution in [0.2, 0.25) is 5.02 Å². The van der Waals surface area contributed by atoms with Crippen LogP contribution >= 0.6 is 11.6 Å². The van der Waals surface area contributed by atoms with Crippen LogP contribution in [0.4, 0.5) is 0 Å². The molecule has 1 aliphatic rings. The molecule has 33 heavy (non-hydrogen) atoms. The quantitative estimate of drug-likeness (QED) is 0.583. The molecule has 0 bridgehead atoms. The zero-order valence-corrected chi connectivity index (χ0v) is 20.5. The van der Waals surface area contributed by atoms with Crippen molar-refractivity contribution in [3.05, 3.63) is 64.7 Å². The molecule has 0 unspecified atom stereocenters. The van der Waals surface area contributed by atoms with Crippen molar-refractivity contribution in [2.24, 2.45) is 0 Å². The maximum atomic E-state index is 13.1. The molecular formula is C24H30ClN3O4S. The molecule has 7 nitrogen and oxygen atoms in total. The second-order valence-electron chi connectivity index (χ2n) is 8.19. The van der Waals surface area contributed by atoms with Gasteiger partial charge in [-0.1, -0.05) is 35.9 Å². The van der Waals surface area contributed by atoms with E-state index in [2.05, 4.69) is 5.32 Å². The summed E-state index contributed by atoms with van der Waals surface area (Å²) >= 11 is 5.95. The monoisotopic (exact) mass is 491 g/mol. The summed E-state index contributed by atoms with van der Waals surface area (Å²) in [6.45, 7) is 3.11. The van der Waals surface area contributed by atoms with Crippen LogP contribution in [0.3, 0.4) is 0 Å². The minimum atomic E-state index is -3.46. The second kappa shape index (κ2) is 11.1. The van der Waals surface area contributed by atoms with E-state index < -0.39 is 16.1 Å². The molecule has 3 rings (SSSR count). The lowest BCUT2D eigenvalue weighted by atomic mass is 10.1. The molecule has 0 saturated carbocycles. The molecule has 1 aliphatic heterocycles. The number of aryl methyl sites for hydroxylation is 1. The van der Waals surface area contributed by atoms with Crippen LogP contribution in [0.1, 0.15) is 37.3 Å². The molecule has 1 N–H and O–H groups in total. The molecule has 1 fully saturated rings. The standard InChI is InChI=1S/C24H30ClN3O4S/c1-18(24(30)26-2)28(17-20-5-10-21(25)11-6-20)23(29)14-9-19-7-12-22(13-8-19)33(31,32)27-15-3-4-16-27/h5-8,10-13,18H,3-4,9,14-17H2,1-2H3,(H,26,30)/t18-/m1/s1. The fourth-order valence-electron chi connectivity index (χ4n) is 3.88. The summed E-state index contributed by atoms with van der Waals surface area (Å²) in [5.74, 6) is -0.399. The molecular weight excluding hydrogens is 462 g/mol. The predicted octanol–water partition coefficient (Wildman–Crippen LogP) is 3.22. The largest absolute Gasteiger partial charge is 0.357 e. The van der Waals surface area contributed by atoms with Crippen molar-refractivity contribution in [3.63, 3.8) is 0 Å². The highest BCUT2D eigenvalue weighted by molar-refractivity contribution is 7.89. The molecule has 0 aromatic heterocycles. The molecule has 0 aliphatic carbocycles. The first-order chi connectivity index (χ1) is 15.7. The van der Waals surface area contributed by atoms with Gasteiger partial charge < -0.3 is 10.2 Å². The summed E-state index contributed by atoms with van der Waals surface area (Å²) in [4.78, 5) is 27.1. The van der Waals surface area contributed by atoms with Gasteiger partial charge in [0.15, 0.2) is 0 Å². The third-order valence-corrected chi connectivity index (χ3v) is 8.10. The number of benzene rings is 2. The highest BCUT2D eigenvalue weighted by atomic mass is 35.5. The van der Waals surface area contributed by atoms with Crippen LogP contribution in [-0.2, 0) is 32.6 Å². The van der Waals surface area contributed by atoms with Gasteiger partial charge in [-0.25, -0.2) is 8.42 Å². The summed E-state index contributed by atoms with van der Waals surface area (Å²) in [6, 6.07) is 13.2. The highest BCUT2D eigenvalue weighted by Gasteiger charge is 2.27. The molecule has 2 aromatic carbocycles. The number of hydrogen-bond acceptors (Lipinski definition) is 4. The first-order valence-corrected chi connectivity index (χ1v) is 12.9. The van der Waals surface area contributed by atoms with E-state index >= 15 is 0 Å². The number of nitrogens with one attached hydrogen (secondary N) is 1. The molecule has 2 aromatic rings. The van der Waals surface area contributed by atoms with Crippen LogP contribution in [0.5, 0.6) is 0 Å². The average Bonchev–Trinajstić information content (AvgIpc) is 3.37. The van der Waals surface area contributed by atoms with Crippen LogP contribution in [0, 0.1) is 0 Å². The zero-order valence-electron chi connectivity index (χ0n) is 19.0. The molecule has 1 saturated heterocycles. The van der Waals surface area contributed by atoms with Gasteiger partial charge in [-0.15, -0.1) is 0 Å². The Morgan fingerprint density at radius 2 is 1.61 bits per heavy atom. The Balaban J connectivity index is 1.67. The van der Waals surface area contributed by atoms with Crippen LogP contribution < -0.4 is 5.32 Å². The first kappa shape index (κ1) is 25.2. The Kier molecular flexibility index (Phi) is 8.51. The Bertz CT molecular complexity index is 1070. The molecule has 178 valence electrons. The summed E-state index contributed by atoms with van der Waals surface area (Å²) < 4.78 is 26.9. The second-order valence-corrected chi connectivity index (χ2v) is 10.6. The lowest BCUT2D eigenvalue weighted by molar-refractivity contribution is -0.140. The van der Waals surface area contributed by atoms with Gasteiger partial charge in [-0.05, 0) is 61.6 Å². The van der Waals surface area contributed by atoms with E-state index in [-0.39, 0.29) is 29.7 Å². The third kappa shape index (κ3) is 6.34. The van der Waals surface area contributed by atoms with Gasteiger partial charge in [0.05, 0.1) is 4.90 Å². The zero-order chi connectivity index (χ0) is 24.0. The number of carbonyl (C=O) groups is 2. The highest BCUT2D eigenvalue weighted by Crippen LogP contribution is 2.22. The Morgan fingerprint density at radius 3 is 2.18 bits per heavy atom. The van der Waals surface area contributed by atoms with Crippen molar-refractivity contribution in [1.29, 1.82) is 0 Å². The molecule has 2 amide bonds. The van der Waals surface area contributed by atoms with Gasteiger partial charge in [-0.3, -0.25) is 9.59 Å². The lowest BCUT2D eigenvalue weighted by Crippen LogP contribution is -2.46. The SMILES string of the molecule is CNC(=O)[C@@H](C)N(Cc1ccc(Cl)cc1)C(=O)CCc1ccc(S(=O)(=O)N2CCCC2)cc1. The fourth-order valence-corrected chi connectivity index (χ4v) is 5.52. The third-order valence-electron chi connectivity index (χ3n) is 5.93. The van der Waals surface area contributed by atoms with Crippen molar-refractivity contribution in [1.82, 2.24) is 14.5 Å². The molecule has 0 radical (unpaired) electrons. The number of nitrogens with zero attached hydrogens (tertiary/aromatic N) is 2. The number of hydrogen-bond donors (Lipinski definition) is 1. The van der Waals surface area contributed by atoms with Gasteiger partial charge in [0.2, 0.25) is 21.8 Å². The van der Waals surface area contributed by atoms with E-state index in [0.717, 1.165) is 24.0 Å². The molecule has 9 heteroatoms. The minimum absolute atomic E-state index is 0.158. The summed E-state index contributed by atoms with van der Waals surface area (Å²) in [5, 5.41) is 3.20. The van der Waals surface area contributed by atoms with Gasteiger partial charge in [-0.2, -0.15) is 4.31 Å². The smallest absolute Gasteiger partial charge is 0.243 e. The predicted molar refractivity (Wildman–Crippen MR) is 128 cm³/mol. The van der Waals surface area contributed by atoms with Crippen LogP contribution in [0.25, 0.3) is 0 Å². The van der Waals surface area contributed by atoms with Gasteiger partial charge in [0, 0.05) is 38.1 Å². The molecule has 1 heterocycles. The number of amides is 2. The maximum Gasteiger partial charge on any atom is 0.243 e. The van der Waals surface area contributed by atoms with Crippen molar-refractivity contribution in [3.8, 4) is 0 Å².